The van der Waals surface area contributed by atoms with E-state index in [1.54, 1.807) is 18.5 Å². The minimum absolute atomic E-state index is 0.0670. The average Bonchev–Trinajstić information content (AvgIpc) is 4.09. The third-order valence-corrected chi connectivity index (χ3v) is 13.7. The predicted molar refractivity (Wildman–Crippen MR) is 219 cm³/mol. The van der Waals surface area contributed by atoms with Crippen molar-refractivity contribution in [2.45, 2.75) is 127 Å². The highest BCUT2D eigenvalue weighted by molar-refractivity contribution is 5.86. The summed E-state index contributed by atoms with van der Waals surface area (Å²) in [5, 5.41) is 6.01. The number of aromatic amines is 2. The molecule has 14 nitrogen and oxygen atoms in total. The Balaban J connectivity index is 0.908. The van der Waals surface area contributed by atoms with Gasteiger partial charge in [0.1, 0.15) is 23.7 Å². The van der Waals surface area contributed by atoms with E-state index in [0.717, 1.165) is 87.1 Å². The molecule has 308 valence electrons. The van der Waals surface area contributed by atoms with Crippen LogP contribution in [0.5, 0.6) is 0 Å². The molecule has 3 saturated carbocycles. The lowest BCUT2D eigenvalue weighted by Gasteiger charge is -2.53. The fourth-order valence-corrected chi connectivity index (χ4v) is 10.2. The smallest absolute Gasteiger partial charge is 0.407 e. The Morgan fingerprint density at radius 3 is 1.88 bits per heavy atom. The number of hydrogen-bond donors (Lipinski definition) is 4. The number of amides is 3. The number of imidazole rings is 2. The number of carbonyl (C=O) groups is 3. The largest absolute Gasteiger partial charge is 0.453 e. The molecule has 4 atom stereocenters. The number of benzene rings is 1. The van der Waals surface area contributed by atoms with Crippen LogP contribution in [0.25, 0.3) is 11.3 Å². The average molecular weight is 791 g/mol. The molecule has 58 heavy (non-hydrogen) atoms. The zero-order chi connectivity index (χ0) is 40.6. The highest BCUT2D eigenvalue weighted by Crippen LogP contribution is 2.58. The zero-order valence-electron chi connectivity index (χ0n) is 34.5. The van der Waals surface area contributed by atoms with Crippen molar-refractivity contribution < 1.29 is 19.1 Å². The van der Waals surface area contributed by atoms with Gasteiger partial charge in [0, 0.05) is 42.8 Å². The van der Waals surface area contributed by atoms with Crippen LogP contribution in [0.4, 0.5) is 10.7 Å². The standard InChI is InChI=1S/C44H58N10O4/c1-27(2)35(51-41-45-21-8-22-46-41)39(55)54-24-7-10-33(54)38-48-26-34(50-38)44-18-15-43(16-19-44,17-20-44)30-13-11-29(12-14-30)31-25-47-37(49-31)32-9-6-23-53(32)40(56)36(28(3)4)52-42(57)58-5/h8,11-14,21-22,25-28,32-33,35-36H,6-7,9-10,15-20,23-24H2,1-5H3,(H,47,49)(H,48,50)(H,52,57)(H,45,46,51). The van der Waals surface area contributed by atoms with Gasteiger partial charge in [-0.15, -0.1) is 0 Å². The Morgan fingerprint density at radius 1 is 0.741 bits per heavy atom. The van der Waals surface area contributed by atoms with Gasteiger partial charge in [-0.25, -0.2) is 24.7 Å². The Hall–Kier alpha value is -5.27. The Bertz CT molecular complexity index is 2050. The normalized spacial score (nSPS) is 25.3. The number of hydrogen-bond acceptors (Lipinski definition) is 9. The molecule has 2 aliphatic heterocycles. The maximum Gasteiger partial charge on any atom is 0.407 e. The van der Waals surface area contributed by atoms with E-state index in [1.165, 1.54) is 18.4 Å². The number of ether oxygens (including phenoxy) is 1. The van der Waals surface area contributed by atoms with E-state index in [1.807, 2.05) is 29.8 Å². The summed E-state index contributed by atoms with van der Waals surface area (Å²) in [5.74, 6) is 2.07. The molecule has 3 aliphatic carbocycles. The molecule has 5 fully saturated rings. The first-order valence-electron chi connectivity index (χ1n) is 21.2. The highest BCUT2D eigenvalue weighted by Gasteiger charge is 2.51. The Morgan fingerprint density at radius 2 is 1.29 bits per heavy atom. The number of nitrogens with zero attached hydrogens (tertiary/aromatic N) is 6. The van der Waals surface area contributed by atoms with Crippen LogP contribution in [0, 0.1) is 11.8 Å². The first-order chi connectivity index (χ1) is 28.0. The van der Waals surface area contributed by atoms with E-state index in [0.29, 0.717) is 19.0 Å². The summed E-state index contributed by atoms with van der Waals surface area (Å²) in [5.41, 5.74) is 4.86. The van der Waals surface area contributed by atoms with Crippen molar-refractivity contribution in [2.75, 3.05) is 25.5 Å². The van der Waals surface area contributed by atoms with E-state index in [9.17, 15) is 14.4 Å². The van der Waals surface area contributed by atoms with Gasteiger partial charge in [-0.1, -0.05) is 52.0 Å². The van der Waals surface area contributed by atoms with Gasteiger partial charge in [0.25, 0.3) is 0 Å². The van der Waals surface area contributed by atoms with Crippen molar-refractivity contribution in [1.29, 1.82) is 0 Å². The van der Waals surface area contributed by atoms with Crippen LogP contribution < -0.4 is 10.6 Å². The number of aromatic nitrogens is 6. The van der Waals surface area contributed by atoms with Crippen molar-refractivity contribution in [3.8, 4) is 11.3 Å². The highest BCUT2D eigenvalue weighted by atomic mass is 16.5. The van der Waals surface area contributed by atoms with Gasteiger partial charge in [-0.2, -0.15) is 0 Å². The second-order valence-electron chi connectivity index (χ2n) is 17.7. The predicted octanol–water partition coefficient (Wildman–Crippen LogP) is 6.98. The van der Waals surface area contributed by atoms with Gasteiger partial charge >= 0.3 is 6.09 Å². The third kappa shape index (κ3) is 7.45. The number of carbonyl (C=O) groups excluding carboxylic acids is 3. The number of nitrogens with one attached hydrogen (secondary N) is 4. The van der Waals surface area contributed by atoms with Crippen LogP contribution in [0.1, 0.15) is 127 Å². The van der Waals surface area contributed by atoms with E-state index in [-0.39, 0.29) is 46.6 Å². The van der Waals surface area contributed by atoms with Crippen LogP contribution in [0.3, 0.4) is 0 Å². The summed E-state index contributed by atoms with van der Waals surface area (Å²) in [4.78, 5) is 69.0. The summed E-state index contributed by atoms with van der Waals surface area (Å²) in [7, 11) is 1.31. The maximum absolute atomic E-state index is 14.0. The molecule has 3 aromatic heterocycles. The van der Waals surface area contributed by atoms with Crippen molar-refractivity contribution in [1.82, 2.24) is 45.0 Å². The first-order valence-corrected chi connectivity index (χ1v) is 21.2. The van der Waals surface area contributed by atoms with Crippen molar-refractivity contribution >= 4 is 23.9 Å². The van der Waals surface area contributed by atoms with Crippen LogP contribution in [-0.4, -0.2) is 89.9 Å². The van der Waals surface area contributed by atoms with Gasteiger partial charge < -0.3 is 35.1 Å². The summed E-state index contributed by atoms with van der Waals surface area (Å²) < 4.78 is 4.78. The molecule has 0 spiro atoms. The molecule has 3 amide bonds. The Kier molecular flexibility index (Phi) is 11.0. The summed E-state index contributed by atoms with van der Waals surface area (Å²) >= 11 is 0. The van der Waals surface area contributed by atoms with Gasteiger partial charge in [-0.05, 0) is 98.7 Å². The lowest BCUT2D eigenvalue weighted by Crippen LogP contribution is -2.51. The van der Waals surface area contributed by atoms with E-state index < -0.39 is 18.2 Å². The molecule has 0 radical (unpaired) electrons. The molecule has 4 unspecified atom stereocenters. The summed E-state index contributed by atoms with van der Waals surface area (Å²) in [6.07, 6.45) is 16.9. The number of fused-ring (bicyclic) bond motifs is 3. The molecule has 9 rings (SSSR count). The molecule has 4 N–H and O–H groups in total. The quantitative estimate of drug-likeness (QED) is 0.118. The lowest BCUT2D eigenvalue weighted by molar-refractivity contribution is -0.135. The van der Waals surface area contributed by atoms with Gasteiger partial charge in [0.15, 0.2) is 0 Å². The van der Waals surface area contributed by atoms with Crippen molar-refractivity contribution in [3.63, 3.8) is 0 Å². The molecule has 5 heterocycles. The molecule has 2 saturated heterocycles. The number of likely N-dealkylation sites (tertiary alicyclic amines) is 2. The number of anilines is 1. The van der Waals surface area contributed by atoms with Crippen molar-refractivity contribution in [2.24, 2.45) is 11.8 Å². The fraction of sp³-hybridized carbons (Fsp3) is 0.568. The first kappa shape index (κ1) is 39.6. The van der Waals surface area contributed by atoms with Gasteiger partial charge in [0.2, 0.25) is 17.8 Å². The third-order valence-electron chi connectivity index (χ3n) is 13.7. The molecule has 2 bridgehead atoms. The molecule has 14 heteroatoms. The molecule has 4 aromatic rings. The number of alkyl carbamates (subject to hydrolysis) is 1. The van der Waals surface area contributed by atoms with Gasteiger partial charge in [-0.3, -0.25) is 9.59 Å². The number of H-pyrrole nitrogens is 2. The second kappa shape index (κ2) is 16.2. The summed E-state index contributed by atoms with van der Waals surface area (Å²) in [6.45, 7) is 9.28. The second-order valence-corrected chi connectivity index (χ2v) is 17.7. The Labute approximate surface area is 340 Å². The molecule has 5 aliphatic rings. The van der Waals surface area contributed by atoms with E-state index in [4.69, 9.17) is 14.7 Å². The van der Waals surface area contributed by atoms with E-state index in [2.05, 4.69) is 74.9 Å². The summed E-state index contributed by atoms with van der Waals surface area (Å²) in [6, 6.07) is 9.44. The fourth-order valence-electron chi connectivity index (χ4n) is 10.2. The number of methoxy groups -OCH3 is 1. The van der Waals surface area contributed by atoms with Gasteiger partial charge in [0.05, 0.1) is 31.1 Å². The van der Waals surface area contributed by atoms with Crippen LogP contribution >= 0.6 is 0 Å². The lowest BCUT2D eigenvalue weighted by atomic mass is 9.51. The van der Waals surface area contributed by atoms with Crippen LogP contribution in [0.15, 0.2) is 55.1 Å². The SMILES string of the molecule is COC(=O)NC(C(=O)N1CCCC1c1ncc(-c2ccc(C34CCC(c5cnc(C6CCCN6C(=O)C(Nc6ncccn6)C(C)C)[nH]5)(CC3)CC4)cc2)[nH]1)C(C)C. The maximum atomic E-state index is 14.0. The minimum Gasteiger partial charge on any atom is -0.453 e. The van der Waals surface area contributed by atoms with Crippen LogP contribution in [-0.2, 0) is 25.2 Å². The minimum atomic E-state index is -0.668. The topological polar surface area (TPSA) is 174 Å². The van der Waals surface area contributed by atoms with E-state index >= 15 is 0 Å². The van der Waals surface area contributed by atoms with Crippen molar-refractivity contribution in [3.05, 3.63) is 78.0 Å². The van der Waals surface area contributed by atoms with Crippen LogP contribution in [0.2, 0.25) is 0 Å². The molecule has 1 aromatic carbocycles. The number of rotatable bonds is 12. The monoisotopic (exact) mass is 790 g/mol. The zero-order valence-corrected chi connectivity index (χ0v) is 34.5. The molecular formula is C44H58N10O4. The molecular weight excluding hydrogens is 733 g/mol.